The predicted molar refractivity (Wildman–Crippen MR) is 109 cm³/mol. The number of ether oxygens (including phenoxy) is 2. The van der Waals surface area contributed by atoms with Crippen molar-refractivity contribution in [1.82, 2.24) is 0 Å². The summed E-state index contributed by atoms with van der Waals surface area (Å²) in [7, 11) is -4.47. The molecular formula is C22H22F3NO5S. The number of carbonyl (C=O) groups is 1. The highest BCUT2D eigenvalue weighted by atomic mass is 32.2. The number of sulfonamides is 1. The summed E-state index contributed by atoms with van der Waals surface area (Å²) in [6.07, 6.45) is -4.99. The van der Waals surface area contributed by atoms with E-state index in [1.54, 1.807) is 26.8 Å². The number of rotatable bonds is 3. The lowest BCUT2D eigenvalue weighted by atomic mass is 9.85. The molecule has 172 valence electrons. The van der Waals surface area contributed by atoms with Crippen molar-refractivity contribution in [2.24, 2.45) is 5.92 Å². The average molecular weight is 469 g/mol. The second-order valence-electron chi connectivity index (χ2n) is 8.76. The topological polar surface area (TPSA) is 72.9 Å². The molecule has 10 heteroatoms. The summed E-state index contributed by atoms with van der Waals surface area (Å²) in [5.74, 6) is -2.43. The molecule has 0 radical (unpaired) electrons. The zero-order chi connectivity index (χ0) is 23.5. The lowest BCUT2D eigenvalue weighted by Gasteiger charge is -2.35. The highest BCUT2D eigenvalue weighted by Crippen LogP contribution is 2.61. The van der Waals surface area contributed by atoms with Gasteiger partial charge in [-0.1, -0.05) is 36.4 Å². The fraction of sp³-hybridized carbons (Fsp3) is 0.409. The van der Waals surface area contributed by atoms with Gasteiger partial charge in [0.05, 0.1) is 17.2 Å². The largest absolute Gasteiger partial charge is 0.460 e. The van der Waals surface area contributed by atoms with Gasteiger partial charge < -0.3 is 9.47 Å². The zero-order valence-electron chi connectivity index (χ0n) is 17.6. The summed E-state index contributed by atoms with van der Waals surface area (Å²) in [4.78, 5) is 12.7. The summed E-state index contributed by atoms with van der Waals surface area (Å²) in [5.41, 5.74) is -4.49. The molecule has 2 aromatic rings. The van der Waals surface area contributed by atoms with E-state index in [1.165, 1.54) is 48.5 Å². The SMILES string of the molecule is CC(C)(C)OC(=O)C1COC2(C(F)(F)F)c3ccccc3N(S(=O)(=O)c3ccccc3)C12. The Morgan fingerprint density at radius 1 is 1.06 bits per heavy atom. The van der Waals surface area contributed by atoms with Crippen molar-refractivity contribution in [3.8, 4) is 0 Å². The molecule has 2 aromatic carbocycles. The van der Waals surface area contributed by atoms with Gasteiger partial charge in [-0.25, -0.2) is 8.42 Å². The number of benzene rings is 2. The molecule has 1 saturated heterocycles. The van der Waals surface area contributed by atoms with Gasteiger partial charge in [-0.3, -0.25) is 9.10 Å². The van der Waals surface area contributed by atoms with Crippen LogP contribution in [0.4, 0.5) is 18.9 Å². The number of fused-ring (bicyclic) bond motifs is 3. The Balaban J connectivity index is 1.96. The number of hydrogen-bond acceptors (Lipinski definition) is 5. The second kappa shape index (κ2) is 7.21. The molecule has 4 rings (SSSR count). The van der Waals surface area contributed by atoms with E-state index in [-0.39, 0.29) is 16.1 Å². The van der Waals surface area contributed by atoms with Crippen molar-refractivity contribution in [2.75, 3.05) is 10.9 Å². The number of halogens is 3. The van der Waals surface area contributed by atoms with Crippen LogP contribution in [0.5, 0.6) is 0 Å². The molecule has 0 amide bonds. The first kappa shape index (κ1) is 22.6. The lowest BCUT2D eigenvalue weighted by molar-refractivity contribution is -0.269. The molecule has 0 saturated carbocycles. The number of anilines is 1. The van der Waals surface area contributed by atoms with Gasteiger partial charge in [0.15, 0.2) is 0 Å². The quantitative estimate of drug-likeness (QED) is 0.636. The van der Waals surface area contributed by atoms with Crippen molar-refractivity contribution in [3.05, 3.63) is 60.2 Å². The molecule has 0 aromatic heterocycles. The molecule has 0 aliphatic carbocycles. The van der Waals surface area contributed by atoms with Crippen molar-refractivity contribution < 1.29 is 35.9 Å². The van der Waals surface area contributed by atoms with Crippen molar-refractivity contribution in [3.63, 3.8) is 0 Å². The van der Waals surface area contributed by atoms with E-state index in [0.717, 1.165) is 0 Å². The number of hydrogen-bond donors (Lipinski definition) is 0. The highest BCUT2D eigenvalue weighted by molar-refractivity contribution is 7.92. The summed E-state index contributed by atoms with van der Waals surface area (Å²) in [6, 6.07) is 10.6. The minimum absolute atomic E-state index is 0.174. The summed E-state index contributed by atoms with van der Waals surface area (Å²) >= 11 is 0. The minimum atomic E-state index is -4.99. The number of alkyl halides is 3. The normalized spacial score (nSPS) is 25.4. The average Bonchev–Trinajstić information content (AvgIpc) is 3.22. The van der Waals surface area contributed by atoms with Crippen LogP contribution in [-0.2, 0) is 29.9 Å². The first-order valence-electron chi connectivity index (χ1n) is 9.93. The van der Waals surface area contributed by atoms with Gasteiger partial charge in [0, 0.05) is 5.56 Å². The third-order valence-electron chi connectivity index (χ3n) is 5.51. The highest BCUT2D eigenvalue weighted by Gasteiger charge is 2.75. The van der Waals surface area contributed by atoms with Gasteiger partial charge in [-0.15, -0.1) is 0 Å². The number of carbonyl (C=O) groups excluding carboxylic acids is 1. The third-order valence-corrected chi connectivity index (χ3v) is 7.32. The molecule has 32 heavy (non-hydrogen) atoms. The maximum atomic E-state index is 14.6. The smallest absolute Gasteiger partial charge is 0.423 e. The van der Waals surface area contributed by atoms with Crippen LogP contribution in [-0.4, -0.2) is 38.8 Å². The Bertz CT molecular complexity index is 1140. The minimum Gasteiger partial charge on any atom is -0.460 e. The maximum Gasteiger partial charge on any atom is 0.423 e. The molecule has 0 N–H and O–H groups in total. The van der Waals surface area contributed by atoms with E-state index >= 15 is 0 Å². The van der Waals surface area contributed by atoms with Gasteiger partial charge >= 0.3 is 12.1 Å². The van der Waals surface area contributed by atoms with Crippen LogP contribution in [0.3, 0.4) is 0 Å². The summed E-state index contributed by atoms with van der Waals surface area (Å²) in [6.45, 7) is 4.12. The second-order valence-corrected chi connectivity index (χ2v) is 10.6. The predicted octanol–water partition coefficient (Wildman–Crippen LogP) is 4.01. The molecule has 2 aliphatic heterocycles. The molecule has 1 fully saturated rings. The summed E-state index contributed by atoms with van der Waals surface area (Å²) < 4.78 is 82.5. The van der Waals surface area contributed by atoms with Gasteiger partial charge in [0.1, 0.15) is 17.6 Å². The molecule has 3 atom stereocenters. The molecule has 3 unspecified atom stereocenters. The lowest BCUT2D eigenvalue weighted by Crippen LogP contribution is -2.56. The fourth-order valence-corrected chi connectivity index (χ4v) is 6.08. The van der Waals surface area contributed by atoms with Gasteiger partial charge in [0.25, 0.3) is 10.0 Å². The number of para-hydroxylation sites is 1. The van der Waals surface area contributed by atoms with Crippen LogP contribution in [0.2, 0.25) is 0 Å². The summed E-state index contributed by atoms with van der Waals surface area (Å²) in [5, 5.41) is 0. The first-order chi connectivity index (χ1) is 14.8. The molecule has 0 spiro atoms. The number of esters is 1. The standard InChI is InChI=1S/C22H22F3NO5S/c1-20(2,3)31-19(27)15-13-30-21(22(23,24)25)16-11-7-8-12-17(16)26(18(15)21)32(28,29)14-9-5-4-6-10-14/h4-12,15,18H,13H2,1-3H3. The molecular weight excluding hydrogens is 447 g/mol. The van der Waals surface area contributed by atoms with Gasteiger partial charge in [0.2, 0.25) is 5.60 Å². The Morgan fingerprint density at radius 2 is 1.66 bits per heavy atom. The monoisotopic (exact) mass is 469 g/mol. The van der Waals surface area contributed by atoms with E-state index in [0.29, 0.717) is 4.31 Å². The van der Waals surface area contributed by atoms with Crippen LogP contribution in [0.1, 0.15) is 26.3 Å². The van der Waals surface area contributed by atoms with E-state index in [1.807, 2.05) is 0 Å². The van der Waals surface area contributed by atoms with E-state index in [2.05, 4.69) is 0 Å². The van der Waals surface area contributed by atoms with Crippen LogP contribution in [0.15, 0.2) is 59.5 Å². The molecule has 6 nitrogen and oxygen atoms in total. The van der Waals surface area contributed by atoms with E-state index in [4.69, 9.17) is 9.47 Å². The Labute approximate surface area is 184 Å². The van der Waals surface area contributed by atoms with E-state index in [9.17, 15) is 26.4 Å². The fourth-order valence-electron chi connectivity index (χ4n) is 4.34. The van der Waals surface area contributed by atoms with Gasteiger partial charge in [-0.2, -0.15) is 13.2 Å². The van der Waals surface area contributed by atoms with Crippen molar-refractivity contribution in [2.45, 2.75) is 49.1 Å². The Kier molecular flexibility index (Phi) is 5.09. The van der Waals surface area contributed by atoms with Gasteiger partial charge in [-0.05, 0) is 39.0 Å². The first-order valence-corrected chi connectivity index (χ1v) is 11.4. The molecule has 2 aliphatic rings. The zero-order valence-corrected chi connectivity index (χ0v) is 18.4. The van der Waals surface area contributed by atoms with E-state index < -0.39 is 51.9 Å². The molecule has 0 bridgehead atoms. The van der Waals surface area contributed by atoms with Crippen molar-refractivity contribution in [1.29, 1.82) is 0 Å². The maximum absolute atomic E-state index is 14.6. The van der Waals surface area contributed by atoms with Crippen molar-refractivity contribution >= 4 is 21.7 Å². The number of nitrogens with zero attached hydrogens (tertiary/aromatic N) is 1. The van der Waals surface area contributed by atoms with Crippen LogP contribution >= 0.6 is 0 Å². The molecule has 2 heterocycles. The van der Waals surface area contributed by atoms with Crippen LogP contribution in [0.25, 0.3) is 0 Å². The van der Waals surface area contributed by atoms with Crippen LogP contribution < -0.4 is 4.31 Å². The van der Waals surface area contributed by atoms with Crippen LogP contribution in [0, 0.1) is 5.92 Å². The third kappa shape index (κ3) is 3.27. The Morgan fingerprint density at radius 3 is 2.25 bits per heavy atom. The Hall–Kier alpha value is -2.59.